The topological polar surface area (TPSA) is 78.0 Å². The first kappa shape index (κ1) is 20.3. The number of carbonyl (C=O) groups is 2. The van der Waals surface area contributed by atoms with Crippen LogP contribution in [0, 0.1) is 11.7 Å². The number of rotatable bonds is 3. The molecule has 30 heavy (non-hydrogen) atoms. The van der Waals surface area contributed by atoms with Gasteiger partial charge in [0.2, 0.25) is 15.9 Å². The van der Waals surface area contributed by atoms with Gasteiger partial charge >= 0.3 is 0 Å². The third kappa shape index (κ3) is 3.77. The molecule has 7 nitrogen and oxygen atoms in total. The van der Waals surface area contributed by atoms with Gasteiger partial charge < -0.3 is 9.80 Å². The number of piperazine rings is 1. The van der Waals surface area contributed by atoms with Crippen molar-refractivity contribution in [3.63, 3.8) is 0 Å². The van der Waals surface area contributed by atoms with Gasteiger partial charge in [0.15, 0.2) is 0 Å². The van der Waals surface area contributed by atoms with Crippen LogP contribution in [0.1, 0.15) is 17.3 Å². The van der Waals surface area contributed by atoms with Crippen LogP contribution >= 0.6 is 0 Å². The fraction of sp³-hybridized carbons (Fsp3) is 0.333. The lowest BCUT2D eigenvalue weighted by Gasteiger charge is -2.36. The maximum absolute atomic E-state index is 13.1. The van der Waals surface area contributed by atoms with Crippen LogP contribution in [0.5, 0.6) is 0 Å². The van der Waals surface area contributed by atoms with E-state index in [0.717, 1.165) is 9.99 Å². The molecule has 4 rings (SSSR count). The molecule has 2 aliphatic rings. The first-order valence-corrected chi connectivity index (χ1v) is 11.3. The summed E-state index contributed by atoms with van der Waals surface area (Å²) in [5.41, 5.74) is 1.60. The van der Waals surface area contributed by atoms with Gasteiger partial charge in [0.25, 0.3) is 5.91 Å². The van der Waals surface area contributed by atoms with E-state index in [1.807, 2.05) is 0 Å². The van der Waals surface area contributed by atoms with E-state index in [2.05, 4.69) is 4.90 Å². The molecule has 0 saturated carbocycles. The molecule has 2 amide bonds. The number of hydrogen-bond donors (Lipinski definition) is 0. The Morgan fingerprint density at radius 2 is 1.50 bits per heavy atom. The molecule has 0 unspecified atom stereocenters. The molecule has 0 aliphatic carbocycles. The van der Waals surface area contributed by atoms with Crippen molar-refractivity contribution in [2.75, 3.05) is 41.1 Å². The van der Waals surface area contributed by atoms with Crippen LogP contribution < -0.4 is 9.21 Å². The second-order valence-electron chi connectivity index (χ2n) is 7.58. The Balaban J connectivity index is 1.42. The Morgan fingerprint density at radius 1 is 0.933 bits per heavy atom. The van der Waals surface area contributed by atoms with Crippen LogP contribution in [-0.2, 0) is 14.8 Å². The molecule has 2 aliphatic heterocycles. The van der Waals surface area contributed by atoms with Crippen molar-refractivity contribution < 1.29 is 22.4 Å². The van der Waals surface area contributed by atoms with Crippen LogP contribution in [0.2, 0.25) is 0 Å². The van der Waals surface area contributed by atoms with Crippen LogP contribution in [0.15, 0.2) is 48.5 Å². The summed E-state index contributed by atoms with van der Waals surface area (Å²) in [6.45, 7) is 3.90. The van der Waals surface area contributed by atoms with Gasteiger partial charge in [0, 0.05) is 37.4 Å². The van der Waals surface area contributed by atoms with Crippen molar-refractivity contribution in [1.82, 2.24) is 4.90 Å². The van der Waals surface area contributed by atoms with E-state index in [0.29, 0.717) is 31.7 Å². The molecule has 2 fully saturated rings. The monoisotopic (exact) mass is 431 g/mol. The van der Waals surface area contributed by atoms with Crippen molar-refractivity contribution in [3.8, 4) is 0 Å². The van der Waals surface area contributed by atoms with E-state index in [4.69, 9.17) is 0 Å². The summed E-state index contributed by atoms with van der Waals surface area (Å²) < 4.78 is 38.4. The van der Waals surface area contributed by atoms with Gasteiger partial charge in [-0.1, -0.05) is 6.92 Å². The van der Waals surface area contributed by atoms with Gasteiger partial charge in [0.1, 0.15) is 5.82 Å². The first-order valence-electron chi connectivity index (χ1n) is 9.73. The van der Waals surface area contributed by atoms with Crippen molar-refractivity contribution in [2.45, 2.75) is 6.92 Å². The van der Waals surface area contributed by atoms with Crippen LogP contribution in [0.4, 0.5) is 15.8 Å². The summed E-state index contributed by atoms with van der Waals surface area (Å²) in [6, 6.07) is 12.4. The Labute approximate surface area is 174 Å². The molecule has 2 heterocycles. The first-order chi connectivity index (χ1) is 14.3. The van der Waals surface area contributed by atoms with E-state index in [1.54, 1.807) is 36.1 Å². The average Bonchev–Trinajstić information content (AvgIpc) is 2.95. The predicted octanol–water partition coefficient (Wildman–Crippen LogP) is 2.10. The highest BCUT2D eigenvalue weighted by atomic mass is 32.2. The maximum atomic E-state index is 13.1. The molecule has 1 atom stereocenters. The van der Waals surface area contributed by atoms with Crippen LogP contribution in [0.3, 0.4) is 0 Å². The quantitative estimate of drug-likeness (QED) is 0.744. The predicted molar refractivity (Wildman–Crippen MR) is 111 cm³/mol. The van der Waals surface area contributed by atoms with E-state index in [9.17, 15) is 22.4 Å². The molecule has 2 saturated heterocycles. The average molecular weight is 431 g/mol. The van der Waals surface area contributed by atoms with E-state index in [1.165, 1.54) is 24.3 Å². The number of sulfonamides is 1. The molecular weight excluding hydrogens is 409 g/mol. The molecule has 158 valence electrons. The summed E-state index contributed by atoms with van der Waals surface area (Å²) >= 11 is 0. The summed E-state index contributed by atoms with van der Waals surface area (Å²) in [6.07, 6.45) is 0. The zero-order chi connectivity index (χ0) is 21.5. The number of nitrogens with zero attached hydrogens (tertiary/aromatic N) is 3. The molecular formula is C21H22FN3O4S. The molecule has 9 heteroatoms. The third-order valence-corrected chi connectivity index (χ3v) is 7.34. The lowest BCUT2D eigenvalue weighted by atomic mass is 10.1. The molecule has 0 radical (unpaired) electrons. The van der Waals surface area contributed by atoms with Gasteiger partial charge in [-0.15, -0.1) is 0 Å². The van der Waals surface area contributed by atoms with Crippen molar-refractivity contribution in [2.24, 2.45) is 5.92 Å². The minimum Gasteiger partial charge on any atom is -0.368 e. The van der Waals surface area contributed by atoms with Gasteiger partial charge in [-0.3, -0.25) is 9.59 Å². The lowest BCUT2D eigenvalue weighted by molar-refractivity contribution is -0.119. The zero-order valence-electron chi connectivity index (χ0n) is 16.5. The standard InChI is InChI=1S/C21H22FN3O4S/c1-15-14-30(28,29)25(20(15)26)19-6-2-16(3-7-19)21(27)24-12-10-23(11-13-24)18-8-4-17(22)5-9-18/h2-9,15H,10-14H2,1H3/t15-/m0/s1. The number of halogens is 1. The van der Waals surface area contributed by atoms with Gasteiger partial charge in [-0.2, -0.15) is 0 Å². The Morgan fingerprint density at radius 3 is 2.03 bits per heavy atom. The molecule has 2 aromatic carbocycles. The van der Waals surface area contributed by atoms with E-state index in [-0.39, 0.29) is 23.2 Å². The van der Waals surface area contributed by atoms with Gasteiger partial charge in [-0.25, -0.2) is 17.1 Å². The molecule has 0 bridgehead atoms. The SMILES string of the molecule is C[C@H]1CS(=O)(=O)N(c2ccc(C(=O)N3CCN(c4ccc(F)cc4)CC3)cc2)C1=O. The Kier molecular flexibility index (Phi) is 5.23. The zero-order valence-corrected chi connectivity index (χ0v) is 17.3. The van der Waals surface area contributed by atoms with Crippen LogP contribution in [-0.4, -0.2) is 57.1 Å². The largest absolute Gasteiger partial charge is 0.368 e. The highest BCUT2D eigenvalue weighted by Gasteiger charge is 2.41. The normalized spacial score (nSPS) is 21.2. The summed E-state index contributed by atoms with van der Waals surface area (Å²) in [7, 11) is -3.67. The number of benzene rings is 2. The lowest BCUT2D eigenvalue weighted by Crippen LogP contribution is -2.48. The summed E-state index contributed by atoms with van der Waals surface area (Å²) in [5, 5.41) is 0. The maximum Gasteiger partial charge on any atom is 0.253 e. The number of amides is 2. The second kappa shape index (κ2) is 7.71. The smallest absolute Gasteiger partial charge is 0.253 e. The highest BCUT2D eigenvalue weighted by Crippen LogP contribution is 2.28. The minimum absolute atomic E-state index is 0.149. The number of carbonyl (C=O) groups excluding carboxylic acids is 2. The molecule has 0 aromatic heterocycles. The summed E-state index contributed by atoms with van der Waals surface area (Å²) in [4.78, 5) is 28.8. The molecule has 2 aromatic rings. The van der Waals surface area contributed by atoms with E-state index >= 15 is 0 Å². The van der Waals surface area contributed by atoms with Crippen LogP contribution in [0.25, 0.3) is 0 Å². The minimum atomic E-state index is -3.67. The van der Waals surface area contributed by atoms with Crippen molar-refractivity contribution in [1.29, 1.82) is 0 Å². The third-order valence-electron chi connectivity index (χ3n) is 5.47. The fourth-order valence-electron chi connectivity index (χ4n) is 3.83. The second-order valence-corrected chi connectivity index (χ2v) is 9.45. The Hall–Kier alpha value is -2.94. The van der Waals surface area contributed by atoms with E-state index < -0.39 is 21.8 Å². The number of hydrogen-bond acceptors (Lipinski definition) is 5. The van der Waals surface area contributed by atoms with Crippen molar-refractivity contribution >= 4 is 33.2 Å². The van der Waals surface area contributed by atoms with Gasteiger partial charge in [0.05, 0.1) is 17.4 Å². The number of anilines is 2. The van der Waals surface area contributed by atoms with Crippen molar-refractivity contribution in [3.05, 3.63) is 59.9 Å². The molecule has 0 spiro atoms. The summed E-state index contributed by atoms with van der Waals surface area (Å²) in [5.74, 6) is -1.66. The van der Waals surface area contributed by atoms with Gasteiger partial charge in [-0.05, 0) is 48.5 Å². The molecule has 0 N–H and O–H groups in total. The fourth-order valence-corrected chi connectivity index (χ4v) is 5.65. The Bertz CT molecular complexity index is 1060. The highest BCUT2D eigenvalue weighted by molar-refractivity contribution is 7.94.